The van der Waals surface area contributed by atoms with Gasteiger partial charge in [0.25, 0.3) is 0 Å². The minimum Gasteiger partial charge on any atom is -0.480 e. The molecule has 0 aromatic rings. The second kappa shape index (κ2) is 8.96. The highest BCUT2D eigenvalue weighted by Crippen LogP contribution is 1.99. The van der Waals surface area contributed by atoms with Gasteiger partial charge < -0.3 is 20.7 Å². The monoisotopic (exact) mass is 271 g/mol. The largest absolute Gasteiger partial charge is 0.480 e. The molecule has 8 nitrogen and oxygen atoms in total. The molecule has 1 unspecified atom stereocenters. The number of nitrogens with zero attached hydrogens (tertiary/aromatic N) is 2. The van der Waals surface area contributed by atoms with Crippen molar-refractivity contribution >= 4 is 23.9 Å². The molecule has 0 aliphatic carbocycles. The third-order valence-corrected chi connectivity index (χ3v) is 2.06. The number of carboxylic acids is 1. The van der Waals surface area contributed by atoms with Crippen molar-refractivity contribution in [1.82, 2.24) is 5.32 Å². The van der Waals surface area contributed by atoms with Crippen LogP contribution in [-0.2, 0) is 19.1 Å². The number of carbonyl (C=O) groups is 3. The average molecular weight is 271 g/mol. The Morgan fingerprint density at radius 3 is 2.53 bits per heavy atom. The van der Waals surface area contributed by atoms with Crippen molar-refractivity contribution < 1.29 is 29.0 Å². The Bertz CT molecular complexity index is 388. The van der Waals surface area contributed by atoms with Gasteiger partial charge in [0.05, 0.1) is 6.10 Å². The maximum absolute atomic E-state index is 11.4. The number of hydrogen-bond acceptors (Lipinski definition) is 4. The summed E-state index contributed by atoms with van der Waals surface area (Å²) in [4.78, 5) is 35.8. The van der Waals surface area contributed by atoms with Crippen LogP contribution < -0.4 is 5.32 Å². The number of carbonyl (C=O) groups excluding carboxylic acids is 2. The van der Waals surface area contributed by atoms with Gasteiger partial charge >= 0.3 is 12.2 Å². The molecule has 0 aliphatic rings. The third-order valence-electron chi connectivity index (χ3n) is 2.06. The van der Waals surface area contributed by atoms with Gasteiger partial charge in [-0.25, -0.2) is 4.79 Å². The Kier molecular flexibility index (Phi) is 7.99. The van der Waals surface area contributed by atoms with Crippen LogP contribution in [0.25, 0.3) is 5.53 Å². The number of ether oxygens (including phenoxy) is 1. The van der Waals surface area contributed by atoms with Crippen LogP contribution in [0.5, 0.6) is 0 Å². The number of Topliss-reactive ketones (excluding diaryl/α,β-unsaturated/α-hetero) is 1. The van der Waals surface area contributed by atoms with Crippen LogP contribution in [0, 0.1) is 0 Å². The number of nitrogens with one attached hydrogen (secondary N) is 1. The molecule has 1 atom stereocenters. The normalized spacial score (nSPS) is 11.5. The van der Waals surface area contributed by atoms with E-state index in [1.165, 1.54) is 0 Å². The summed E-state index contributed by atoms with van der Waals surface area (Å²) < 4.78 is 5.02. The molecular weight excluding hydrogens is 254 g/mol. The van der Waals surface area contributed by atoms with Crippen molar-refractivity contribution in [2.45, 2.75) is 38.8 Å². The molecule has 0 bridgehead atoms. The first-order valence-corrected chi connectivity index (χ1v) is 5.70. The molecule has 0 aromatic carbocycles. The summed E-state index contributed by atoms with van der Waals surface area (Å²) in [5, 5.41) is 11.1. The molecule has 0 heterocycles. The molecule has 8 heteroatoms. The lowest BCUT2D eigenvalue weighted by Gasteiger charge is -2.14. The highest BCUT2D eigenvalue weighted by Gasteiger charge is 2.21. The highest BCUT2D eigenvalue weighted by atomic mass is 16.5. The van der Waals surface area contributed by atoms with E-state index >= 15 is 0 Å². The van der Waals surface area contributed by atoms with Crippen LogP contribution in [-0.4, -0.2) is 52.5 Å². The van der Waals surface area contributed by atoms with E-state index in [4.69, 9.17) is 15.4 Å². The van der Waals surface area contributed by atoms with Gasteiger partial charge in [-0.05, 0) is 20.3 Å². The van der Waals surface area contributed by atoms with E-state index in [0.717, 1.165) is 0 Å². The van der Waals surface area contributed by atoms with Crippen molar-refractivity contribution in [2.24, 2.45) is 0 Å². The van der Waals surface area contributed by atoms with Gasteiger partial charge in [0, 0.05) is 6.42 Å². The quantitative estimate of drug-likeness (QED) is 0.336. The summed E-state index contributed by atoms with van der Waals surface area (Å²) in [7, 11) is 0. The summed E-state index contributed by atoms with van der Waals surface area (Å²) in [5.74, 6) is -2.34. The Labute approximate surface area is 110 Å². The van der Waals surface area contributed by atoms with Gasteiger partial charge in [-0.1, -0.05) is 0 Å². The zero-order valence-electron chi connectivity index (χ0n) is 10.8. The average Bonchev–Trinajstić information content (AvgIpc) is 2.31. The van der Waals surface area contributed by atoms with Crippen LogP contribution >= 0.6 is 0 Å². The van der Waals surface area contributed by atoms with Crippen LogP contribution in [0.4, 0.5) is 0 Å². The van der Waals surface area contributed by atoms with E-state index in [2.05, 4.69) is 10.1 Å². The Balaban J connectivity index is 4.26. The summed E-state index contributed by atoms with van der Waals surface area (Å²) >= 11 is 0. The predicted molar refractivity (Wildman–Crippen MR) is 64.6 cm³/mol. The number of amides is 1. The first-order chi connectivity index (χ1) is 8.86. The van der Waals surface area contributed by atoms with Crippen LogP contribution in [0.2, 0.25) is 0 Å². The molecule has 0 aliphatic heterocycles. The van der Waals surface area contributed by atoms with E-state index in [-0.39, 0.29) is 25.6 Å². The number of carboxylic acid groups (broad SMARTS) is 1. The SMILES string of the molecule is CC(C)OCC(=O)NC(CCC(=O)C=[N+]=[N-])C(=O)O. The van der Waals surface area contributed by atoms with Crippen molar-refractivity contribution in [3.05, 3.63) is 5.53 Å². The lowest BCUT2D eigenvalue weighted by atomic mass is 10.1. The minimum atomic E-state index is -1.24. The van der Waals surface area contributed by atoms with Gasteiger partial charge in [-0.15, -0.1) is 0 Å². The molecule has 0 saturated heterocycles. The van der Waals surface area contributed by atoms with Crippen molar-refractivity contribution in [2.75, 3.05) is 6.61 Å². The van der Waals surface area contributed by atoms with Crippen LogP contribution in [0.1, 0.15) is 26.7 Å². The molecule has 0 rings (SSSR count). The maximum atomic E-state index is 11.4. The molecule has 1 amide bonds. The van der Waals surface area contributed by atoms with Gasteiger partial charge in [0.1, 0.15) is 12.6 Å². The topological polar surface area (TPSA) is 129 Å². The summed E-state index contributed by atoms with van der Waals surface area (Å²) in [6, 6.07) is -1.18. The van der Waals surface area contributed by atoms with E-state index in [9.17, 15) is 14.4 Å². The van der Waals surface area contributed by atoms with Gasteiger partial charge in [-0.3, -0.25) is 9.59 Å². The number of rotatable bonds is 9. The van der Waals surface area contributed by atoms with E-state index < -0.39 is 23.7 Å². The molecule has 2 N–H and O–H groups in total. The van der Waals surface area contributed by atoms with E-state index in [0.29, 0.717) is 6.21 Å². The predicted octanol–water partition coefficient (Wildman–Crippen LogP) is -0.369. The van der Waals surface area contributed by atoms with Crippen LogP contribution in [0.3, 0.4) is 0 Å². The summed E-state index contributed by atoms with van der Waals surface area (Å²) in [6.07, 6.45) is 0.305. The van der Waals surface area contributed by atoms with Gasteiger partial charge in [0.2, 0.25) is 11.7 Å². The Morgan fingerprint density at radius 1 is 1.42 bits per heavy atom. The molecule has 106 valence electrons. The first kappa shape index (κ1) is 16.9. The fraction of sp³-hybridized carbons (Fsp3) is 0.636. The molecule has 0 radical (unpaired) electrons. The van der Waals surface area contributed by atoms with E-state index in [1.807, 2.05) is 0 Å². The fourth-order valence-electron chi connectivity index (χ4n) is 1.15. The molecule has 0 spiro atoms. The second-order valence-corrected chi connectivity index (χ2v) is 4.07. The number of ketones is 1. The van der Waals surface area contributed by atoms with Gasteiger partial charge in [-0.2, -0.15) is 4.79 Å². The standard InChI is InChI=1S/C11H17N3O5/c1-7(2)19-6-10(16)14-9(11(17)18)4-3-8(15)5-13-12/h5,7,9H,3-4,6H2,1-2H3,(H,14,16)(H,17,18). The number of aliphatic carboxylic acids is 1. The smallest absolute Gasteiger partial charge is 0.326 e. The van der Waals surface area contributed by atoms with Crippen molar-refractivity contribution in [3.63, 3.8) is 0 Å². The fourth-order valence-corrected chi connectivity index (χ4v) is 1.15. The highest BCUT2D eigenvalue weighted by molar-refractivity contribution is 6.25. The lowest BCUT2D eigenvalue weighted by molar-refractivity contribution is -0.143. The first-order valence-electron chi connectivity index (χ1n) is 5.70. The van der Waals surface area contributed by atoms with Crippen molar-refractivity contribution in [1.29, 1.82) is 0 Å². The Morgan fingerprint density at radius 2 is 2.05 bits per heavy atom. The van der Waals surface area contributed by atoms with E-state index in [1.54, 1.807) is 13.8 Å². The zero-order chi connectivity index (χ0) is 14.8. The maximum Gasteiger partial charge on any atom is 0.326 e. The second-order valence-electron chi connectivity index (χ2n) is 4.07. The summed E-state index contributed by atoms with van der Waals surface area (Å²) in [5.41, 5.74) is 8.12. The molecule has 19 heavy (non-hydrogen) atoms. The molecule has 0 fully saturated rings. The van der Waals surface area contributed by atoms with Gasteiger partial charge in [0.15, 0.2) is 0 Å². The molecule has 0 aromatic heterocycles. The third kappa shape index (κ3) is 8.64. The Hall–Kier alpha value is -2.05. The minimum absolute atomic E-state index is 0.0897. The zero-order valence-corrected chi connectivity index (χ0v) is 10.8. The van der Waals surface area contributed by atoms with Crippen LogP contribution in [0.15, 0.2) is 0 Å². The number of hydrogen-bond donors (Lipinski definition) is 2. The molecular formula is C11H17N3O5. The van der Waals surface area contributed by atoms with Crippen molar-refractivity contribution in [3.8, 4) is 0 Å². The lowest BCUT2D eigenvalue weighted by Crippen LogP contribution is -2.43. The molecule has 0 saturated carbocycles. The summed E-state index contributed by atoms with van der Waals surface area (Å²) in [6.45, 7) is 3.25.